The summed E-state index contributed by atoms with van der Waals surface area (Å²) in [7, 11) is 0. The number of rotatable bonds is 14. The molecule has 1 unspecified atom stereocenters. The van der Waals surface area contributed by atoms with Crippen LogP contribution in [0.15, 0.2) is 103 Å². The van der Waals surface area contributed by atoms with E-state index in [1.165, 1.54) is 0 Å². The minimum Gasteiger partial charge on any atom is -0.481 e. The van der Waals surface area contributed by atoms with Crippen LogP contribution in [0.4, 0.5) is 18.0 Å². The van der Waals surface area contributed by atoms with Gasteiger partial charge in [-0.15, -0.1) is 0 Å². The van der Waals surface area contributed by atoms with Gasteiger partial charge < -0.3 is 30.9 Å². The van der Waals surface area contributed by atoms with Gasteiger partial charge in [-0.1, -0.05) is 103 Å². The van der Waals surface area contributed by atoms with E-state index in [1.54, 1.807) is 12.1 Å². The summed E-state index contributed by atoms with van der Waals surface area (Å²) in [5.41, 5.74) is 7.28. The predicted molar refractivity (Wildman–Crippen MR) is 189 cm³/mol. The molecule has 1 aliphatic rings. The average molecular weight is 734 g/mol. The van der Waals surface area contributed by atoms with Crippen molar-refractivity contribution in [3.05, 3.63) is 120 Å². The quantitative estimate of drug-likeness (QED) is 0.0922. The zero-order valence-electron chi connectivity index (χ0n) is 28.4. The number of alkyl halides is 3. The second kappa shape index (κ2) is 18.9. The lowest BCUT2D eigenvalue weighted by Gasteiger charge is -2.18. The number of fused-ring (bicyclic) bond motifs is 3. The van der Waals surface area contributed by atoms with Crippen LogP contribution in [-0.2, 0) is 23.9 Å². The third kappa shape index (κ3) is 11.9. The van der Waals surface area contributed by atoms with E-state index in [0.717, 1.165) is 33.4 Å². The maximum atomic E-state index is 12.6. The monoisotopic (exact) mass is 733 g/mol. The summed E-state index contributed by atoms with van der Waals surface area (Å²) in [4.78, 5) is 57.6. The van der Waals surface area contributed by atoms with Crippen molar-refractivity contribution in [2.75, 3.05) is 19.7 Å². The van der Waals surface area contributed by atoms with Crippen LogP contribution in [0.5, 0.6) is 0 Å². The number of benzene rings is 4. The molecule has 0 spiro atoms. The summed E-state index contributed by atoms with van der Waals surface area (Å²) in [6.45, 7) is 0.316. The molecule has 1 aliphatic carbocycles. The number of hydrogen-bond acceptors (Lipinski definition) is 6. The van der Waals surface area contributed by atoms with Gasteiger partial charge in [0, 0.05) is 18.9 Å². The second-order valence-corrected chi connectivity index (χ2v) is 12.0. The number of ether oxygens (including phenoxy) is 1. The molecule has 14 heteroatoms. The van der Waals surface area contributed by atoms with Gasteiger partial charge in [-0.25, -0.2) is 9.59 Å². The van der Waals surface area contributed by atoms with Crippen LogP contribution in [-0.4, -0.2) is 65.9 Å². The van der Waals surface area contributed by atoms with Gasteiger partial charge in [0.15, 0.2) is 0 Å². The van der Waals surface area contributed by atoms with Crippen molar-refractivity contribution in [2.24, 2.45) is 0 Å². The SMILES string of the molecule is O=C(O)C(F)(F)F.O=C(O)CC(NC(=O)CNC(=O)CCCCNC(=O)OCC1c2ccccc2-c2ccccc21)c1ccc(-c2ccccc2)cc1. The smallest absolute Gasteiger partial charge is 0.481 e. The van der Waals surface area contributed by atoms with Crippen molar-refractivity contribution < 1.29 is 52.1 Å². The molecule has 4 aromatic rings. The van der Waals surface area contributed by atoms with Crippen LogP contribution >= 0.6 is 0 Å². The lowest BCUT2D eigenvalue weighted by Crippen LogP contribution is -2.39. The van der Waals surface area contributed by atoms with E-state index in [-0.39, 0.29) is 37.8 Å². The van der Waals surface area contributed by atoms with Crippen molar-refractivity contribution in [3.63, 3.8) is 0 Å². The summed E-state index contributed by atoms with van der Waals surface area (Å²) in [5, 5.41) is 24.5. The highest BCUT2D eigenvalue weighted by atomic mass is 19.4. The van der Waals surface area contributed by atoms with Crippen molar-refractivity contribution in [1.29, 1.82) is 0 Å². The second-order valence-electron chi connectivity index (χ2n) is 12.0. The molecule has 0 aliphatic heterocycles. The van der Waals surface area contributed by atoms with Gasteiger partial charge in [-0.3, -0.25) is 14.4 Å². The maximum Gasteiger partial charge on any atom is 0.490 e. The first-order valence-electron chi connectivity index (χ1n) is 16.7. The lowest BCUT2D eigenvalue weighted by molar-refractivity contribution is -0.192. The van der Waals surface area contributed by atoms with E-state index in [2.05, 4.69) is 40.2 Å². The number of aliphatic carboxylic acids is 2. The first kappa shape index (κ1) is 39.6. The van der Waals surface area contributed by atoms with E-state index >= 15 is 0 Å². The van der Waals surface area contributed by atoms with E-state index in [9.17, 15) is 37.5 Å². The maximum absolute atomic E-state index is 12.6. The molecule has 0 bridgehead atoms. The molecular weight excluding hydrogens is 695 g/mol. The molecule has 53 heavy (non-hydrogen) atoms. The number of alkyl carbamates (subject to hydrolysis) is 1. The van der Waals surface area contributed by atoms with Crippen LogP contribution < -0.4 is 16.0 Å². The Bertz CT molecular complexity index is 1840. The third-order valence-electron chi connectivity index (χ3n) is 8.27. The number of carbonyl (C=O) groups excluding carboxylic acids is 3. The van der Waals surface area contributed by atoms with Crippen molar-refractivity contribution >= 4 is 29.8 Å². The highest BCUT2D eigenvalue weighted by Gasteiger charge is 2.38. The molecule has 5 rings (SSSR count). The molecule has 5 N–H and O–H groups in total. The van der Waals surface area contributed by atoms with Crippen molar-refractivity contribution in [1.82, 2.24) is 16.0 Å². The summed E-state index contributed by atoms with van der Waals surface area (Å²) >= 11 is 0. The van der Waals surface area contributed by atoms with Gasteiger partial charge in [0.25, 0.3) is 0 Å². The minimum absolute atomic E-state index is 0.0151. The Hall–Kier alpha value is -6.18. The van der Waals surface area contributed by atoms with E-state index in [0.29, 0.717) is 24.9 Å². The largest absolute Gasteiger partial charge is 0.490 e. The zero-order valence-corrected chi connectivity index (χ0v) is 28.4. The van der Waals surface area contributed by atoms with Crippen LogP contribution in [0, 0.1) is 0 Å². The van der Waals surface area contributed by atoms with E-state index in [4.69, 9.17) is 14.6 Å². The Balaban J connectivity index is 0.000000815. The molecule has 4 aromatic carbocycles. The Morgan fingerprint density at radius 1 is 0.698 bits per heavy atom. The highest BCUT2D eigenvalue weighted by molar-refractivity contribution is 5.85. The predicted octanol–water partition coefficient (Wildman–Crippen LogP) is 6.44. The standard InChI is InChI=1S/C37H37N3O6.C2HF3O2/c41-34(39-23-35(42)40-33(22-36(43)44)27-19-17-26(18-20-27)25-10-2-1-3-11-25)16-8-9-21-38-37(45)46-24-32-30-14-6-4-12-28(30)29-13-5-7-15-31(29)32;3-2(4,5)1(6)7/h1-7,10-15,17-20,32-33H,8-9,16,21-24H2,(H,38,45)(H,39,41)(H,40,42)(H,43,44);(H,6,7). The van der Waals surface area contributed by atoms with Crippen LogP contribution in [0.2, 0.25) is 0 Å². The number of carbonyl (C=O) groups is 5. The molecule has 11 nitrogen and oxygen atoms in total. The Kier molecular flexibility index (Phi) is 14.1. The molecule has 3 amide bonds. The lowest BCUT2D eigenvalue weighted by atomic mass is 9.98. The van der Waals surface area contributed by atoms with Gasteiger partial charge >= 0.3 is 24.2 Å². The normalized spacial score (nSPS) is 12.2. The molecular formula is C39H38F3N3O8. The number of carboxylic acid groups (broad SMARTS) is 2. The molecule has 278 valence electrons. The Morgan fingerprint density at radius 2 is 1.25 bits per heavy atom. The number of halogens is 3. The van der Waals surface area contributed by atoms with Crippen LogP contribution in [0.25, 0.3) is 22.3 Å². The van der Waals surface area contributed by atoms with Gasteiger partial charge in [0.2, 0.25) is 11.8 Å². The van der Waals surface area contributed by atoms with Gasteiger partial charge in [0.1, 0.15) is 6.61 Å². The minimum atomic E-state index is -5.08. The summed E-state index contributed by atoms with van der Waals surface area (Å²) < 4.78 is 37.3. The summed E-state index contributed by atoms with van der Waals surface area (Å²) in [6.07, 6.45) is -4.63. The first-order valence-corrected chi connectivity index (χ1v) is 16.7. The fourth-order valence-electron chi connectivity index (χ4n) is 5.73. The third-order valence-corrected chi connectivity index (χ3v) is 8.27. The number of unbranched alkanes of at least 4 members (excludes halogenated alkanes) is 1. The van der Waals surface area contributed by atoms with Crippen molar-refractivity contribution in [3.8, 4) is 22.3 Å². The summed E-state index contributed by atoms with van der Waals surface area (Å²) in [5.74, 6) is -4.61. The number of amides is 3. The fraction of sp³-hybridized carbons (Fsp3) is 0.256. The van der Waals surface area contributed by atoms with Gasteiger partial charge in [-0.05, 0) is 51.8 Å². The van der Waals surface area contributed by atoms with Crippen molar-refractivity contribution in [2.45, 2.75) is 43.8 Å². The van der Waals surface area contributed by atoms with Gasteiger partial charge in [0.05, 0.1) is 19.0 Å². The Labute approximate surface area is 303 Å². The number of nitrogens with one attached hydrogen (secondary N) is 3. The summed E-state index contributed by atoms with van der Waals surface area (Å²) in [6, 6.07) is 32.7. The number of carboxylic acids is 2. The molecule has 0 saturated carbocycles. The van der Waals surface area contributed by atoms with Crippen LogP contribution in [0.1, 0.15) is 54.3 Å². The molecule has 0 radical (unpaired) electrons. The topological polar surface area (TPSA) is 171 Å². The molecule has 1 atom stereocenters. The Morgan fingerprint density at radius 3 is 1.81 bits per heavy atom. The van der Waals surface area contributed by atoms with Gasteiger partial charge in [-0.2, -0.15) is 13.2 Å². The molecule has 0 heterocycles. The molecule has 0 fully saturated rings. The highest BCUT2D eigenvalue weighted by Crippen LogP contribution is 2.44. The average Bonchev–Trinajstić information content (AvgIpc) is 3.46. The molecule has 0 saturated heterocycles. The number of hydrogen-bond donors (Lipinski definition) is 5. The van der Waals surface area contributed by atoms with E-state index in [1.807, 2.05) is 66.7 Å². The van der Waals surface area contributed by atoms with E-state index < -0.39 is 36.2 Å². The zero-order chi connectivity index (χ0) is 38.4. The first-order chi connectivity index (χ1) is 25.3. The molecule has 0 aromatic heterocycles. The fourth-order valence-corrected chi connectivity index (χ4v) is 5.73. The van der Waals surface area contributed by atoms with Crippen LogP contribution in [0.3, 0.4) is 0 Å².